The van der Waals surface area contributed by atoms with Crippen LogP contribution in [-0.2, 0) is 17.0 Å². The SMILES string of the molecule is CNc1cc(C(F)(F)F)cc(NCCC(C)S(C)=O)n1. The number of anilines is 2. The third-order valence-electron chi connectivity index (χ3n) is 2.83. The summed E-state index contributed by atoms with van der Waals surface area (Å²) in [7, 11) is 0.563. The molecule has 0 spiro atoms. The van der Waals surface area contributed by atoms with Crippen molar-refractivity contribution in [3.05, 3.63) is 17.7 Å². The number of pyridine rings is 1. The molecule has 0 saturated heterocycles. The Labute approximate surface area is 118 Å². The molecule has 20 heavy (non-hydrogen) atoms. The zero-order valence-corrected chi connectivity index (χ0v) is 12.4. The van der Waals surface area contributed by atoms with Gasteiger partial charge in [-0.3, -0.25) is 4.21 Å². The Morgan fingerprint density at radius 1 is 1.35 bits per heavy atom. The van der Waals surface area contributed by atoms with Gasteiger partial charge in [0.15, 0.2) is 0 Å². The van der Waals surface area contributed by atoms with Crippen LogP contribution in [0.3, 0.4) is 0 Å². The van der Waals surface area contributed by atoms with E-state index in [2.05, 4.69) is 15.6 Å². The number of rotatable bonds is 6. The fourth-order valence-corrected chi connectivity index (χ4v) is 1.93. The molecule has 0 aliphatic rings. The van der Waals surface area contributed by atoms with Crippen LogP contribution in [-0.4, -0.2) is 34.3 Å². The van der Waals surface area contributed by atoms with E-state index in [9.17, 15) is 17.4 Å². The molecule has 8 heteroatoms. The molecule has 114 valence electrons. The minimum absolute atomic E-state index is 0.0166. The highest BCUT2D eigenvalue weighted by Gasteiger charge is 2.31. The second-order valence-corrected chi connectivity index (χ2v) is 6.20. The summed E-state index contributed by atoms with van der Waals surface area (Å²) in [6, 6.07) is 1.92. The Morgan fingerprint density at radius 2 is 1.95 bits per heavy atom. The first-order valence-corrected chi connectivity index (χ1v) is 7.69. The highest BCUT2D eigenvalue weighted by Crippen LogP contribution is 2.31. The van der Waals surface area contributed by atoms with Crippen molar-refractivity contribution in [2.75, 3.05) is 30.5 Å². The number of alkyl halides is 3. The van der Waals surface area contributed by atoms with Gasteiger partial charge in [0.1, 0.15) is 11.6 Å². The molecule has 0 fully saturated rings. The number of halogens is 3. The van der Waals surface area contributed by atoms with Crippen molar-refractivity contribution in [3.8, 4) is 0 Å². The van der Waals surface area contributed by atoms with E-state index < -0.39 is 22.5 Å². The number of aromatic nitrogens is 1. The first-order chi connectivity index (χ1) is 9.24. The largest absolute Gasteiger partial charge is 0.416 e. The van der Waals surface area contributed by atoms with Crippen LogP contribution in [0, 0.1) is 0 Å². The summed E-state index contributed by atoms with van der Waals surface area (Å²) >= 11 is 0. The van der Waals surface area contributed by atoms with E-state index in [4.69, 9.17) is 0 Å². The molecule has 1 rings (SSSR count). The van der Waals surface area contributed by atoms with E-state index in [1.807, 2.05) is 6.92 Å². The summed E-state index contributed by atoms with van der Waals surface area (Å²) in [5, 5.41) is 5.41. The average molecular weight is 309 g/mol. The summed E-state index contributed by atoms with van der Waals surface area (Å²) in [6.07, 6.45) is -2.22. The minimum Gasteiger partial charge on any atom is -0.373 e. The molecule has 2 N–H and O–H groups in total. The molecule has 1 heterocycles. The lowest BCUT2D eigenvalue weighted by Gasteiger charge is -2.13. The van der Waals surface area contributed by atoms with Crippen molar-refractivity contribution in [2.24, 2.45) is 0 Å². The standard InChI is InChI=1S/C12H18F3N3OS/c1-8(20(3)19)4-5-17-11-7-9(12(13,14)15)6-10(16-2)18-11/h6-8H,4-5H2,1-3H3,(H2,16,17,18). The van der Waals surface area contributed by atoms with Crippen LogP contribution in [0.25, 0.3) is 0 Å². The molecule has 0 saturated carbocycles. The van der Waals surface area contributed by atoms with Crippen molar-refractivity contribution >= 4 is 22.4 Å². The van der Waals surface area contributed by atoms with Crippen molar-refractivity contribution < 1.29 is 17.4 Å². The maximum Gasteiger partial charge on any atom is 0.416 e. The van der Waals surface area contributed by atoms with Crippen LogP contribution in [0.5, 0.6) is 0 Å². The Balaban J connectivity index is 2.77. The van der Waals surface area contributed by atoms with Crippen LogP contribution >= 0.6 is 0 Å². The number of hydrogen-bond acceptors (Lipinski definition) is 4. The Hall–Kier alpha value is -1.31. The number of nitrogens with zero attached hydrogens (tertiary/aromatic N) is 1. The third-order valence-corrected chi connectivity index (χ3v) is 4.20. The van der Waals surface area contributed by atoms with Gasteiger partial charge in [-0.25, -0.2) is 4.98 Å². The Bertz CT molecular complexity index is 480. The average Bonchev–Trinajstić information content (AvgIpc) is 2.37. The second kappa shape index (κ2) is 6.92. The van der Waals surface area contributed by atoms with Crippen LogP contribution < -0.4 is 10.6 Å². The molecule has 0 amide bonds. The molecule has 2 unspecified atom stereocenters. The Morgan fingerprint density at radius 3 is 2.45 bits per heavy atom. The van der Waals surface area contributed by atoms with Crippen LogP contribution in [0.2, 0.25) is 0 Å². The van der Waals surface area contributed by atoms with Gasteiger partial charge in [-0.15, -0.1) is 0 Å². The summed E-state index contributed by atoms with van der Waals surface area (Å²) < 4.78 is 49.3. The maximum absolute atomic E-state index is 12.7. The highest BCUT2D eigenvalue weighted by atomic mass is 32.2. The van der Waals surface area contributed by atoms with Crippen LogP contribution in [0.15, 0.2) is 12.1 Å². The lowest BCUT2D eigenvalue weighted by Crippen LogP contribution is -2.16. The summed E-state index contributed by atoms with van der Waals surface area (Å²) in [5.74, 6) is 0.299. The van der Waals surface area contributed by atoms with Crippen molar-refractivity contribution in [2.45, 2.75) is 24.8 Å². The predicted octanol–water partition coefficient (Wildman–Crippen LogP) is 2.71. The first kappa shape index (κ1) is 16.7. The van der Waals surface area contributed by atoms with Gasteiger partial charge >= 0.3 is 6.18 Å². The van der Waals surface area contributed by atoms with E-state index in [0.29, 0.717) is 13.0 Å². The molecular formula is C12H18F3N3OS. The molecule has 0 aliphatic heterocycles. The van der Waals surface area contributed by atoms with E-state index >= 15 is 0 Å². The molecule has 4 nitrogen and oxygen atoms in total. The summed E-state index contributed by atoms with van der Waals surface area (Å²) in [5.41, 5.74) is -0.758. The van der Waals surface area contributed by atoms with E-state index in [1.54, 1.807) is 6.26 Å². The third kappa shape index (κ3) is 4.99. The smallest absolute Gasteiger partial charge is 0.373 e. The number of hydrogen-bond donors (Lipinski definition) is 2. The van der Waals surface area contributed by atoms with Gasteiger partial charge in [-0.1, -0.05) is 6.92 Å². The lowest BCUT2D eigenvalue weighted by molar-refractivity contribution is -0.137. The van der Waals surface area contributed by atoms with Gasteiger partial charge < -0.3 is 10.6 Å². The van der Waals surface area contributed by atoms with E-state index in [0.717, 1.165) is 12.1 Å². The van der Waals surface area contributed by atoms with Crippen molar-refractivity contribution in [1.29, 1.82) is 0 Å². The van der Waals surface area contributed by atoms with E-state index in [-0.39, 0.29) is 16.9 Å². The molecule has 0 aromatic carbocycles. The molecule has 0 bridgehead atoms. The minimum atomic E-state index is -4.41. The molecular weight excluding hydrogens is 291 g/mol. The predicted molar refractivity (Wildman–Crippen MR) is 75.4 cm³/mol. The topological polar surface area (TPSA) is 54.0 Å². The lowest BCUT2D eigenvalue weighted by atomic mass is 10.2. The zero-order valence-electron chi connectivity index (χ0n) is 11.5. The molecule has 0 aliphatic carbocycles. The molecule has 2 atom stereocenters. The normalized spacial score (nSPS) is 14.7. The number of nitrogens with one attached hydrogen (secondary N) is 2. The van der Waals surface area contributed by atoms with Crippen LogP contribution in [0.1, 0.15) is 18.9 Å². The Kier molecular flexibility index (Phi) is 5.79. The monoisotopic (exact) mass is 309 g/mol. The zero-order chi connectivity index (χ0) is 15.3. The van der Waals surface area contributed by atoms with E-state index in [1.165, 1.54) is 7.05 Å². The van der Waals surface area contributed by atoms with Gasteiger partial charge in [0.25, 0.3) is 0 Å². The van der Waals surface area contributed by atoms with Crippen molar-refractivity contribution in [1.82, 2.24) is 4.98 Å². The van der Waals surface area contributed by atoms with Gasteiger partial charge in [-0.2, -0.15) is 13.2 Å². The molecule has 0 radical (unpaired) electrons. The molecule has 1 aromatic heterocycles. The highest BCUT2D eigenvalue weighted by molar-refractivity contribution is 7.84. The van der Waals surface area contributed by atoms with Gasteiger partial charge in [-0.05, 0) is 18.6 Å². The van der Waals surface area contributed by atoms with Gasteiger partial charge in [0.2, 0.25) is 0 Å². The van der Waals surface area contributed by atoms with Gasteiger partial charge in [0.05, 0.1) is 5.56 Å². The second-order valence-electron chi connectivity index (χ2n) is 4.40. The van der Waals surface area contributed by atoms with Gasteiger partial charge in [0, 0.05) is 35.9 Å². The summed E-state index contributed by atoms with van der Waals surface area (Å²) in [4.78, 5) is 4.01. The first-order valence-electron chi connectivity index (χ1n) is 6.07. The van der Waals surface area contributed by atoms with Crippen molar-refractivity contribution in [3.63, 3.8) is 0 Å². The fourth-order valence-electron chi connectivity index (χ4n) is 1.48. The fraction of sp³-hybridized carbons (Fsp3) is 0.583. The van der Waals surface area contributed by atoms with Crippen LogP contribution in [0.4, 0.5) is 24.8 Å². The quantitative estimate of drug-likeness (QED) is 0.848. The maximum atomic E-state index is 12.7. The summed E-state index contributed by atoms with van der Waals surface area (Å²) in [6.45, 7) is 2.24. The molecule has 1 aromatic rings.